The predicted molar refractivity (Wildman–Crippen MR) is 197 cm³/mol. The van der Waals surface area contributed by atoms with Crippen molar-refractivity contribution in [1.29, 1.82) is 0 Å². The van der Waals surface area contributed by atoms with Crippen LogP contribution in [-0.2, 0) is 4.57 Å². The Morgan fingerprint density at radius 3 is 1.70 bits per heavy atom. The van der Waals surface area contributed by atoms with E-state index in [-0.39, 0.29) is 0 Å². The molecule has 9 aromatic rings. The molecule has 0 N–H and O–H groups in total. The van der Waals surface area contributed by atoms with E-state index >= 15 is 0 Å². The highest BCUT2D eigenvalue weighted by Crippen LogP contribution is 2.44. The molecule has 3 nitrogen and oxygen atoms in total. The lowest BCUT2D eigenvalue weighted by atomic mass is 9.96. The number of fused-ring (bicyclic) bond motifs is 7. The van der Waals surface area contributed by atoms with Crippen molar-refractivity contribution in [3.63, 3.8) is 0 Å². The fourth-order valence-electron chi connectivity index (χ4n) is 6.85. The maximum atomic E-state index is 14.9. The smallest absolute Gasteiger partial charge is 0.171 e. The quantitative estimate of drug-likeness (QED) is 0.142. The summed E-state index contributed by atoms with van der Waals surface area (Å²) in [5.74, 6) is 0. The number of aromatic nitrogens is 1. The Hall–Kier alpha value is -5.76. The minimum absolute atomic E-state index is 0.808. The van der Waals surface area contributed by atoms with Crippen LogP contribution < -0.4 is 15.9 Å². The third-order valence-corrected chi connectivity index (χ3v) is 12.2. The minimum Gasteiger partial charge on any atom is -0.455 e. The Bertz CT molecular complexity index is 2590. The Kier molecular flexibility index (Phi) is 6.41. The van der Waals surface area contributed by atoms with E-state index in [2.05, 4.69) is 66.7 Å². The van der Waals surface area contributed by atoms with Gasteiger partial charge in [-0.1, -0.05) is 152 Å². The fourth-order valence-corrected chi connectivity index (χ4v) is 9.50. The van der Waals surface area contributed by atoms with Gasteiger partial charge in [-0.15, -0.1) is 0 Å². The number of furan rings is 1. The molecule has 0 amide bonds. The molecule has 0 spiro atoms. The van der Waals surface area contributed by atoms with E-state index in [0.29, 0.717) is 0 Å². The Morgan fingerprint density at radius 2 is 1.00 bits per heavy atom. The second kappa shape index (κ2) is 10.9. The molecule has 7 aromatic carbocycles. The number of benzene rings is 7. The molecule has 0 saturated carbocycles. The number of nitrogens with zero attached hydrogens (tertiary/aromatic N) is 1. The van der Waals surface area contributed by atoms with Gasteiger partial charge in [0.15, 0.2) is 7.14 Å². The zero-order valence-electron chi connectivity index (χ0n) is 25.4. The molecular formula is C43H28NO2P. The van der Waals surface area contributed by atoms with Crippen molar-refractivity contribution in [2.24, 2.45) is 0 Å². The van der Waals surface area contributed by atoms with Crippen molar-refractivity contribution in [3.8, 4) is 22.4 Å². The molecule has 0 fully saturated rings. The Balaban J connectivity index is 1.23. The number of pyridine rings is 1. The van der Waals surface area contributed by atoms with E-state index < -0.39 is 7.14 Å². The van der Waals surface area contributed by atoms with Crippen LogP contribution in [0, 0.1) is 0 Å². The molecule has 4 heteroatoms. The second-order valence-corrected chi connectivity index (χ2v) is 14.6. The lowest BCUT2D eigenvalue weighted by molar-refractivity contribution is 0.592. The standard InChI is InChI=1S/C43H28NO2P/c45-47(32-14-6-2-7-15-32,33-16-8-3-9-17-33)34-23-20-29(21-24-34)31-22-25-37-39(28-31)44-42(30-12-4-1-5-13-30)38-27-26-36-35-18-10-11-19-40(35)46-43(36)41(37)38/h1-28H. The van der Waals surface area contributed by atoms with Gasteiger partial charge in [-0.2, -0.15) is 0 Å². The summed E-state index contributed by atoms with van der Waals surface area (Å²) in [4.78, 5) is 5.27. The van der Waals surface area contributed by atoms with Crippen LogP contribution in [0.4, 0.5) is 0 Å². The van der Waals surface area contributed by atoms with Crippen LogP contribution in [0.5, 0.6) is 0 Å². The van der Waals surface area contributed by atoms with Crippen molar-refractivity contribution in [2.75, 3.05) is 0 Å². The van der Waals surface area contributed by atoms with Gasteiger partial charge in [-0.3, -0.25) is 0 Å². The molecule has 2 aromatic heterocycles. The van der Waals surface area contributed by atoms with Gasteiger partial charge in [0, 0.05) is 48.4 Å². The van der Waals surface area contributed by atoms with Crippen LogP contribution in [0.25, 0.3) is 66.0 Å². The second-order valence-electron chi connectivity index (χ2n) is 11.8. The highest BCUT2D eigenvalue weighted by molar-refractivity contribution is 7.85. The molecule has 0 radical (unpaired) electrons. The van der Waals surface area contributed by atoms with Gasteiger partial charge >= 0.3 is 0 Å². The fraction of sp³-hybridized carbons (Fsp3) is 0. The number of para-hydroxylation sites is 1. The third kappa shape index (κ3) is 4.43. The number of rotatable bonds is 5. The summed E-state index contributed by atoms with van der Waals surface area (Å²) in [6, 6.07) is 57.1. The van der Waals surface area contributed by atoms with Gasteiger partial charge in [0.05, 0.1) is 11.2 Å². The highest BCUT2D eigenvalue weighted by Gasteiger charge is 2.29. The molecule has 9 rings (SSSR count). The van der Waals surface area contributed by atoms with Crippen molar-refractivity contribution < 1.29 is 8.98 Å². The molecule has 2 heterocycles. The molecule has 0 aliphatic rings. The summed E-state index contributed by atoms with van der Waals surface area (Å²) in [5, 5.41) is 7.83. The van der Waals surface area contributed by atoms with Crippen LogP contribution in [0.3, 0.4) is 0 Å². The molecule has 0 bridgehead atoms. The molecule has 0 atom stereocenters. The first kappa shape index (κ1) is 27.5. The Labute approximate surface area is 272 Å². The topological polar surface area (TPSA) is 43.1 Å². The molecule has 222 valence electrons. The average Bonchev–Trinajstić information content (AvgIpc) is 3.54. The third-order valence-electron chi connectivity index (χ3n) is 9.15. The van der Waals surface area contributed by atoms with Crippen LogP contribution in [0.15, 0.2) is 174 Å². The van der Waals surface area contributed by atoms with Crippen molar-refractivity contribution in [3.05, 3.63) is 170 Å². The van der Waals surface area contributed by atoms with Gasteiger partial charge in [0.1, 0.15) is 11.2 Å². The number of hydrogen-bond donors (Lipinski definition) is 0. The lowest BCUT2D eigenvalue weighted by Crippen LogP contribution is -2.24. The zero-order chi connectivity index (χ0) is 31.4. The molecule has 47 heavy (non-hydrogen) atoms. The monoisotopic (exact) mass is 621 g/mol. The largest absolute Gasteiger partial charge is 0.455 e. The summed E-state index contributed by atoms with van der Waals surface area (Å²) in [6.07, 6.45) is 0. The molecule has 0 aliphatic carbocycles. The first-order valence-corrected chi connectivity index (χ1v) is 17.4. The normalized spacial score (nSPS) is 11.9. The van der Waals surface area contributed by atoms with E-state index in [1.54, 1.807) is 0 Å². The Morgan fingerprint density at radius 1 is 0.447 bits per heavy atom. The molecular weight excluding hydrogens is 593 g/mol. The van der Waals surface area contributed by atoms with Crippen LogP contribution in [-0.4, -0.2) is 4.98 Å². The molecule has 0 saturated heterocycles. The molecule has 0 aliphatic heterocycles. The predicted octanol–water partition coefficient (Wildman–Crippen LogP) is 10.3. The summed E-state index contributed by atoms with van der Waals surface area (Å²) in [7, 11) is -3.05. The van der Waals surface area contributed by atoms with Gasteiger partial charge in [0.25, 0.3) is 0 Å². The summed E-state index contributed by atoms with van der Waals surface area (Å²) in [5.41, 5.74) is 6.71. The van der Waals surface area contributed by atoms with Crippen LogP contribution in [0.2, 0.25) is 0 Å². The van der Waals surface area contributed by atoms with Crippen molar-refractivity contribution in [1.82, 2.24) is 4.98 Å². The summed E-state index contributed by atoms with van der Waals surface area (Å²) < 4.78 is 21.4. The van der Waals surface area contributed by atoms with E-state index in [4.69, 9.17) is 9.40 Å². The number of hydrogen-bond acceptors (Lipinski definition) is 3. The maximum absolute atomic E-state index is 14.9. The minimum atomic E-state index is -3.05. The summed E-state index contributed by atoms with van der Waals surface area (Å²) in [6.45, 7) is 0. The average molecular weight is 622 g/mol. The molecule has 0 unspecified atom stereocenters. The SMILES string of the molecule is O=P(c1ccccc1)(c1ccccc1)c1ccc(-c2ccc3c(c2)nc(-c2ccccc2)c2ccc4c5ccccc5oc4c23)cc1. The van der Waals surface area contributed by atoms with Crippen molar-refractivity contribution in [2.45, 2.75) is 0 Å². The van der Waals surface area contributed by atoms with Crippen molar-refractivity contribution >= 4 is 66.7 Å². The van der Waals surface area contributed by atoms with Gasteiger partial charge < -0.3 is 8.98 Å². The van der Waals surface area contributed by atoms with Gasteiger partial charge in [-0.25, -0.2) is 4.98 Å². The van der Waals surface area contributed by atoms with E-state index in [9.17, 15) is 4.57 Å². The van der Waals surface area contributed by atoms with Gasteiger partial charge in [-0.05, 0) is 29.3 Å². The van der Waals surface area contributed by atoms with E-state index in [0.717, 1.165) is 81.9 Å². The highest BCUT2D eigenvalue weighted by atomic mass is 31.2. The van der Waals surface area contributed by atoms with Crippen LogP contribution in [0.1, 0.15) is 0 Å². The first-order valence-electron chi connectivity index (χ1n) is 15.7. The van der Waals surface area contributed by atoms with E-state index in [1.165, 1.54) is 0 Å². The zero-order valence-corrected chi connectivity index (χ0v) is 26.3. The lowest BCUT2D eigenvalue weighted by Gasteiger charge is -2.20. The maximum Gasteiger partial charge on any atom is 0.171 e. The van der Waals surface area contributed by atoms with E-state index in [1.807, 2.05) is 103 Å². The summed E-state index contributed by atoms with van der Waals surface area (Å²) >= 11 is 0. The van der Waals surface area contributed by atoms with Gasteiger partial charge in [0.2, 0.25) is 0 Å². The van der Waals surface area contributed by atoms with Crippen LogP contribution >= 0.6 is 7.14 Å². The first-order chi connectivity index (χ1) is 23.2.